The van der Waals surface area contributed by atoms with Crippen molar-refractivity contribution in [1.29, 1.82) is 0 Å². The lowest BCUT2D eigenvalue weighted by molar-refractivity contribution is 0.588. The van der Waals surface area contributed by atoms with Gasteiger partial charge < -0.3 is 9.80 Å². The third kappa shape index (κ3) is 7.07. The summed E-state index contributed by atoms with van der Waals surface area (Å²) in [6.45, 7) is 9.69. The predicted molar refractivity (Wildman–Crippen MR) is 274 cm³/mol. The minimum Gasteiger partial charge on any atom is -0.321 e. The Bertz CT molecular complexity index is 4110. The third-order valence-electron chi connectivity index (χ3n) is 12.4. The second-order valence-corrected chi connectivity index (χ2v) is 17.4. The molecule has 3 heterocycles. The second kappa shape index (κ2) is 16.1. The zero-order valence-corrected chi connectivity index (χ0v) is 36.6. The molecule has 10 aromatic rings. The van der Waals surface area contributed by atoms with E-state index in [0.717, 1.165) is 50.0 Å². The molecule has 0 N–H and O–H groups in total. The van der Waals surface area contributed by atoms with Gasteiger partial charge in [0.2, 0.25) is 0 Å². The largest absolute Gasteiger partial charge is 0.321 e. The molecule has 0 bridgehead atoms. The van der Waals surface area contributed by atoms with Gasteiger partial charge in [0.15, 0.2) is 0 Å². The van der Waals surface area contributed by atoms with Crippen molar-refractivity contribution in [2.24, 2.45) is 0 Å². The van der Waals surface area contributed by atoms with Crippen LogP contribution in [-0.4, -0.2) is 16.2 Å². The van der Waals surface area contributed by atoms with Crippen molar-refractivity contribution >= 4 is 44.6 Å². The molecule has 11 rings (SSSR count). The average molecular weight is 856 g/mol. The van der Waals surface area contributed by atoms with Crippen LogP contribution in [0.2, 0.25) is 0 Å². The van der Waals surface area contributed by atoms with Gasteiger partial charge in [0.25, 0.3) is 0 Å². The van der Waals surface area contributed by atoms with Gasteiger partial charge >= 0.3 is 0 Å². The fourth-order valence-corrected chi connectivity index (χ4v) is 9.47. The van der Waals surface area contributed by atoms with Crippen LogP contribution in [0.15, 0.2) is 200 Å². The molecule has 2 aromatic heterocycles. The first-order chi connectivity index (χ1) is 37.9. The van der Waals surface area contributed by atoms with E-state index in [9.17, 15) is 8.22 Å². The Kier molecular flexibility index (Phi) is 6.66. The Labute approximate surface area is 403 Å². The number of fused-ring (bicyclic) bond motifs is 4. The summed E-state index contributed by atoms with van der Waals surface area (Å²) >= 11 is 0. The van der Waals surface area contributed by atoms with E-state index < -0.39 is 90.6 Å². The van der Waals surface area contributed by atoms with E-state index in [-0.39, 0.29) is 62.3 Å². The molecule has 0 saturated heterocycles. The fourth-order valence-electron chi connectivity index (χ4n) is 9.47. The molecule has 0 spiro atoms. The van der Waals surface area contributed by atoms with Crippen molar-refractivity contribution in [3.05, 3.63) is 228 Å². The van der Waals surface area contributed by atoms with Gasteiger partial charge in [0.1, 0.15) is 12.5 Å². The standard InChI is InChI=1S/C61H52N4/c1-41-57(45-21-9-6-10-22-45)42(2)59(47-25-13-8-14-26-47)60(58(41)46-23-11-7-12-24-46)64-40-63(53-30-17-18-31-54(53)64)49-27-19-20-43(37-49)36-44-32-33-51-50-28-15-16-29-52(50)65(55(51)38-44)56-39-48(34-35-62-56)61(3,4)5/h6-35,37-39H,36,40H2,1-5H3/i6D,7D,8D,9D,10D,11D,12D,13D,14D,21D,22D,23D,24D,25D,26D. The molecule has 0 radical (unpaired) electrons. The molecule has 4 nitrogen and oxygen atoms in total. The molecule has 316 valence electrons. The maximum Gasteiger partial charge on any atom is 0.137 e. The van der Waals surface area contributed by atoms with Crippen LogP contribution in [0.4, 0.5) is 22.7 Å². The van der Waals surface area contributed by atoms with Gasteiger partial charge in [-0.05, 0) is 124 Å². The fraction of sp³-hybridized carbons (Fsp3) is 0.131. The van der Waals surface area contributed by atoms with Gasteiger partial charge in [0, 0.05) is 33.8 Å². The van der Waals surface area contributed by atoms with Crippen LogP contribution < -0.4 is 9.80 Å². The lowest BCUT2D eigenvalue weighted by Crippen LogP contribution is -2.25. The maximum atomic E-state index is 9.47. The lowest BCUT2D eigenvalue weighted by Gasteiger charge is -2.31. The van der Waals surface area contributed by atoms with E-state index in [1.165, 1.54) is 0 Å². The highest BCUT2D eigenvalue weighted by atomic mass is 15.4. The summed E-state index contributed by atoms with van der Waals surface area (Å²) in [4.78, 5) is 8.74. The number of anilines is 4. The Balaban J connectivity index is 1.13. The average Bonchev–Trinajstić information content (AvgIpc) is 4.05. The van der Waals surface area contributed by atoms with Crippen molar-refractivity contribution < 1.29 is 20.6 Å². The highest BCUT2D eigenvalue weighted by molar-refractivity contribution is 6.09. The monoisotopic (exact) mass is 856 g/mol. The van der Waals surface area contributed by atoms with E-state index in [1.807, 2.05) is 64.5 Å². The SMILES string of the molecule is [2H]c1c([2H])c([2H])c(-c2c(C)c(-c3c([2H])c([2H])c([2H])c([2H])c3[2H])c(N3CN(c4cccc(Cc5ccc6c7ccccc7n(-c7cc(C(C)(C)C)ccn7)c6c5)c4)c4ccccc43)c(-c3c([2H])c([2H])c([2H])c([2H])c3[2H])c2C)c([2H])c1[2H]. The van der Waals surface area contributed by atoms with Gasteiger partial charge in [-0.3, -0.25) is 4.57 Å². The van der Waals surface area contributed by atoms with Gasteiger partial charge in [-0.25, -0.2) is 4.98 Å². The van der Waals surface area contributed by atoms with E-state index >= 15 is 0 Å². The number of hydrogen-bond acceptors (Lipinski definition) is 3. The number of nitrogens with zero attached hydrogens (tertiary/aromatic N) is 4. The minimum atomic E-state index is -0.673. The van der Waals surface area contributed by atoms with E-state index in [4.69, 9.17) is 17.3 Å². The topological polar surface area (TPSA) is 24.3 Å². The van der Waals surface area contributed by atoms with Crippen LogP contribution in [0.1, 0.15) is 69.1 Å². The maximum absolute atomic E-state index is 9.47. The van der Waals surface area contributed by atoms with Crippen molar-refractivity contribution in [3.8, 4) is 39.2 Å². The van der Waals surface area contributed by atoms with Gasteiger partial charge in [0.05, 0.1) is 48.7 Å². The molecule has 0 atom stereocenters. The molecule has 0 unspecified atom stereocenters. The third-order valence-corrected chi connectivity index (χ3v) is 12.4. The van der Waals surface area contributed by atoms with Crippen molar-refractivity contribution in [2.75, 3.05) is 16.5 Å². The molecule has 65 heavy (non-hydrogen) atoms. The zero-order chi connectivity index (χ0) is 57.3. The molecule has 0 fully saturated rings. The summed E-state index contributed by atoms with van der Waals surface area (Å²) in [7, 11) is 0. The van der Waals surface area contributed by atoms with Crippen LogP contribution >= 0.6 is 0 Å². The van der Waals surface area contributed by atoms with Crippen LogP contribution in [0.25, 0.3) is 61.0 Å². The zero-order valence-electron chi connectivity index (χ0n) is 51.6. The normalized spacial score (nSPS) is 15.9. The molecule has 0 aliphatic carbocycles. The number of benzene rings is 8. The quantitative estimate of drug-likeness (QED) is 0.152. The molecule has 1 aliphatic rings. The van der Waals surface area contributed by atoms with E-state index in [0.29, 0.717) is 17.8 Å². The Morgan fingerprint density at radius 2 is 1.11 bits per heavy atom. The van der Waals surface area contributed by atoms with Crippen LogP contribution in [0, 0.1) is 13.8 Å². The number of hydrogen-bond donors (Lipinski definition) is 0. The van der Waals surface area contributed by atoms with Crippen LogP contribution in [0.5, 0.6) is 0 Å². The first-order valence-corrected chi connectivity index (χ1v) is 21.6. The predicted octanol–water partition coefficient (Wildman–Crippen LogP) is 15.9. The highest BCUT2D eigenvalue weighted by Crippen LogP contribution is 2.54. The summed E-state index contributed by atoms with van der Waals surface area (Å²) in [5.41, 5.74) is 6.56. The lowest BCUT2D eigenvalue weighted by atomic mass is 9.82. The van der Waals surface area contributed by atoms with Crippen molar-refractivity contribution in [1.82, 2.24) is 9.55 Å². The summed E-state index contributed by atoms with van der Waals surface area (Å²) in [5.74, 6) is 0.818. The smallest absolute Gasteiger partial charge is 0.137 e. The van der Waals surface area contributed by atoms with Gasteiger partial charge in [-0.15, -0.1) is 0 Å². The molecule has 0 amide bonds. The first kappa shape index (κ1) is 26.8. The number of aromatic nitrogens is 2. The Hall–Kier alpha value is -7.69. The number of rotatable bonds is 8. The van der Waals surface area contributed by atoms with Crippen LogP contribution in [-0.2, 0) is 11.8 Å². The van der Waals surface area contributed by atoms with Gasteiger partial charge in [-0.2, -0.15) is 0 Å². The van der Waals surface area contributed by atoms with E-state index in [2.05, 4.69) is 79.9 Å². The minimum absolute atomic E-state index is 0.000318. The van der Waals surface area contributed by atoms with Gasteiger partial charge in [-0.1, -0.05) is 166 Å². The molecule has 8 aromatic carbocycles. The molecule has 1 aliphatic heterocycles. The summed E-state index contributed by atoms with van der Waals surface area (Å²) in [6, 6.07) is 24.8. The number of para-hydroxylation sites is 3. The molecule has 4 heteroatoms. The van der Waals surface area contributed by atoms with Crippen molar-refractivity contribution in [2.45, 2.75) is 46.5 Å². The highest BCUT2D eigenvalue weighted by Gasteiger charge is 2.34. The summed E-state index contributed by atoms with van der Waals surface area (Å²) in [6.07, 6.45) is 2.40. The number of pyridine rings is 1. The second-order valence-electron chi connectivity index (χ2n) is 17.4. The first-order valence-electron chi connectivity index (χ1n) is 29.1. The van der Waals surface area contributed by atoms with Crippen molar-refractivity contribution in [3.63, 3.8) is 0 Å². The molecular weight excluding hydrogens is 789 g/mol. The Morgan fingerprint density at radius 3 is 1.75 bits per heavy atom. The summed E-state index contributed by atoms with van der Waals surface area (Å²) < 4.78 is 137. The van der Waals surface area contributed by atoms with E-state index in [1.54, 1.807) is 13.8 Å². The Morgan fingerprint density at radius 1 is 0.538 bits per heavy atom. The molecular formula is C61H52N4. The summed E-state index contributed by atoms with van der Waals surface area (Å²) in [5, 5.41) is 2.20. The molecule has 0 saturated carbocycles. The van der Waals surface area contributed by atoms with Crippen LogP contribution in [0.3, 0.4) is 0 Å².